The SMILES string of the molecule is N#C/C(=C\Nc1ccccc1Cl)c1nc(-c2cc3cc([N+](=O)[O-])ccc3oc2=O)cs1. The molecule has 4 aromatic rings. The number of nitrogens with one attached hydrogen (secondary N) is 1. The number of nitro benzene ring substituents is 1. The average molecular weight is 451 g/mol. The van der Waals surface area contributed by atoms with Crippen LogP contribution in [0.4, 0.5) is 11.4 Å². The molecule has 2 heterocycles. The predicted octanol–water partition coefficient (Wildman–Crippen LogP) is 5.45. The third kappa shape index (κ3) is 4.16. The van der Waals surface area contributed by atoms with Crippen LogP contribution in [0.15, 0.2) is 69.3 Å². The van der Waals surface area contributed by atoms with Crippen molar-refractivity contribution < 1.29 is 9.34 Å². The molecular weight excluding hydrogens is 440 g/mol. The first-order valence-electron chi connectivity index (χ1n) is 8.76. The number of thiazole rings is 1. The van der Waals surface area contributed by atoms with E-state index >= 15 is 0 Å². The van der Waals surface area contributed by atoms with E-state index in [0.717, 1.165) is 0 Å². The second kappa shape index (κ2) is 8.39. The van der Waals surface area contributed by atoms with Crippen molar-refractivity contribution in [3.63, 3.8) is 0 Å². The number of para-hydroxylation sites is 1. The Labute approximate surface area is 183 Å². The zero-order chi connectivity index (χ0) is 22.0. The van der Waals surface area contributed by atoms with Gasteiger partial charge in [0.2, 0.25) is 0 Å². The summed E-state index contributed by atoms with van der Waals surface area (Å²) in [6.45, 7) is 0. The standard InChI is InChI=1S/C21H11ClN4O4S/c22-16-3-1-2-4-17(16)24-10-13(9-23)20-25-18(11-31-20)15-8-12-7-14(26(28)29)5-6-19(12)30-21(15)27/h1-8,10-11,24H/b13-10+. The minimum atomic E-state index is -0.630. The van der Waals surface area contributed by atoms with Crippen LogP contribution in [0.25, 0.3) is 27.8 Å². The maximum absolute atomic E-state index is 12.4. The van der Waals surface area contributed by atoms with Gasteiger partial charge < -0.3 is 9.73 Å². The summed E-state index contributed by atoms with van der Waals surface area (Å²) in [6, 6.07) is 14.6. The highest BCUT2D eigenvalue weighted by Gasteiger charge is 2.15. The topological polar surface area (TPSA) is 122 Å². The van der Waals surface area contributed by atoms with Crippen LogP contribution in [-0.2, 0) is 0 Å². The number of nitrogens with zero attached hydrogens (tertiary/aromatic N) is 3. The van der Waals surface area contributed by atoms with Gasteiger partial charge in [0.1, 0.15) is 22.2 Å². The number of nitro groups is 1. The van der Waals surface area contributed by atoms with Crippen LogP contribution in [0, 0.1) is 21.4 Å². The minimum Gasteiger partial charge on any atom is -0.422 e. The molecule has 31 heavy (non-hydrogen) atoms. The molecule has 0 amide bonds. The van der Waals surface area contributed by atoms with Gasteiger partial charge in [-0.2, -0.15) is 5.26 Å². The van der Waals surface area contributed by atoms with Crippen LogP contribution in [0.1, 0.15) is 5.01 Å². The van der Waals surface area contributed by atoms with E-state index in [1.807, 2.05) is 0 Å². The first-order chi connectivity index (χ1) is 15.0. The third-order valence-corrected chi connectivity index (χ3v) is 5.51. The second-order valence-electron chi connectivity index (χ2n) is 6.26. The number of rotatable bonds is 5. The molecular formula is C21H11ClN4O4S. The van der Waals surface area contributed by atoms with Gasteiger partial charge in [-0.05, 0) is 24.3 Å². The quantitative estimate of drug-likeness (QED) is 0.185. The van der Waals surface area contributed by atoms with E-state index in [0.29, 0.717) is 26.8 Å². The fraction of sp³-hybridized carbons (Fsp3) is 0. The van der Waals surface area contributed by atoms with E-state index < -0.39 is 10.5 Å². The molecule has 0 unspecified atom stereocenters. The monoisotopic (exact) mass is 450 g/mol. The molecule has 10 heteroatoms. The zero-order valence-corrected chi connectivity index (χ0v) is 17.1. The first kappa shape index (κ1) is 20.3. The predicted molar refractivity (Wildman–Crippen MR) is 119 cm³/mol. The maximum atomic E-state index is 12.4. The Hall–Kier alpha value is -4.00. The molecule has 0 saturated carbocycles. The highest BCUT2D eigenvalue weighted by molar-refractivity contribution is 7.11. The van der Waals surface area contributed by atoms with Crippen molar-refractivity contribution in [1.29, 1.82) is 5.26 Å². The summed E-state index contributed by atoms with van der Waals surface area (Å²) in [4.78, 5) is 27.3. The van der Waals surface area contributed by atoms with Crippen molar-refractivity contribution in [2.24, 2.45) is 0 Å². The Bertz CT molecular complexity index is 1450. The Morgan fingerprint density at radius 2 is 2.10 bits per heavy atom. The van der Waals surface area contributed by atoms with E-state index in [1.165, 1.54) is 41.8 Å². The number of nitriles is 1. The molecule has 0 aliphatic carbocycles. The molecule has 4 rings (SSSR count). The molecule has 2 aromatic heterocycles. The number of anilines is 1. The summed E-state index contributed by atoms with van der Waals surface area (Å²) in [7, 11) is 0. The molecule has 0 aliphatic heterocycles. The minimum absolute atomic E-state index is 0.119. The Morgan fingerprint density at radius 1 is 1.29 bits per heavy atom. The highest BCUT2D eigenvalue weighted by Crippen LogP contribution is 2.28. The van der Waals surface area contributed by atoms with Gasteiger partial charge in [-0.15, -0.1) is 11.3 Å². The summed E-state index contributed by atoms with van der Waals surface area (Å²) in [6.07, 6.45) is 1.48. The molecule has 8 nitrogen and oxygen atoms in total. The van der Waals surface area contributed by atoms with Crippen LogP contribution in [0.3, 0.4) is 0 Å². The summed E-state index contributed by atoms with van der Waals surface area (Å²) >= 11 is 7.28. The van der Waals surface area contributed by atoms with Gasteiger partial charge in [0, 0.05) is 29.1 Å². The van der Waals surface area contributed by atoms with Crippen molar-refractivity contribution in [2.75, 3.05) is 5.32 Å². The van der Waals surface area contributed by atoms with E-state index in [2.05, 4.69) is 16.4 Å². The van der Waals surface area contributed by atoms with E-state index in [-0.39, 0.29) is 22.4 Å². The number of hydrogen-bond acceptors (Lipinski definition) is 8. The molecule has 152 valence electrons. The lowest BCUT2D eigenvalue weighted by molar-refractivity contribution is -0.384. The van der Waals surface area contributed by atoms with Crippen molar-refractivity contribution in [3.05, 3.63) is 90.7 Å². The van der Waals surface area contributed by atoms with Crippen LogP contribution in [-0.4, -0.2) is 9.91 Å². The van der Waals surface area contributed by atoms with Crippen molar-refractivity contribution >= 4 is 50.9 Å². The Morgan fingerprint density at radius 3 is 2.84 bits per heavy atom. The first-order valence-corrected chi connectivity index (χ1v) is 10.0. The van der Waals surface area contributed by atoms with Crippen LogP contribution < -0.4 is 10.9 Å². The summed E-state index contributed by atoms with van der Waals surface area (Å²) < 4.78 is 5.28. The smallest absolute Gasteiger partial charge is 0.345 e. The fourth-order valence-corrected chi connectivity index (χ4v) is 3.77. The van der Waals surface area contributed by atoms with E-state index in [4.69, 9.17) is 16.0 Å². The van der Waals surface area contributed by atoms with Gasteiger partial charge in [0.25, 0.3) is 5.69 Å². The maximum Gasteiger partial charge on any atom is 0.345 e. The average Bonchev–Trinajstić information content (AvgIpc) is 3.24. The summed E-state index contributed by atoms with van der Waals surface area (Å²) in [5.41, 5.74) is 0.813. The Kier molecular flexibility index (Phi) is 5.49. The van der Waals surface area contributed by atoms with Crippen molar-refractivity contribution in [3.8, 4) is 17.3 Å². The number of benzene rings is 2. The molecule has 0 atom stereocenters. The molecule has 0 fully saturated rings. The largest absolute Gasteiger partial charge is 0.422 e. The highest BCUT2D eigenvalue weighted by atomic mass is 35.5. The van der Waals surface area contributed by atoms with Gasteiger partial charge in [0.15, 0.2) is 0 Å². The molecule has 0 saturated heterocycles. The van der Waals surface area contributed by atoms with Gasteiger partial charge in [-0.3, -0.25) is 10.1 Å². The van der Waals surface area contributed by atoms with E-state index in [9.17, 15) is 20.2 Å². The molecule has 0 aliphatic rings. The van der Waals surface area contributed by atoms with Gasteiger partial charge >= 0.3 is 5.63 Å². The van der Waals surface area contributed by atoms with Crippen LogP contribution in [0.2, 0.25) is 5.02 Å². The molecule has 2 aromatic carbocycles. The normalized spacial score (nSPS) is 11.3. The molecule has 0 radical (unpaired) electrons. The van der Waals surface area contributed by atoms with E-state index in [1.54, 1.807) is 29.6 Å². The van der Waals surface area contributed by atoms with Gasteiger partial charge in [-0.1, -0.05) is 23.7 Å². The zero-order valence-electron chi connectivity index (χ0n) is 15.5. The number of hydrogen-bond donors (Lipinski definition) is 1. The lowest BCUT2D eigenvalue weighted by atomic mass is 10.1. The van der Waals surface area contributed by atoms with Crippen LogP contribution >= 0.6 is 22.9 Å². The summed E-state index contributed by atoms with van der Waals surface area (Å²) in [5.74, 6) is 0. The van der Waals surface area contributed by atoms with Crippen LogP contribution in [0.5, 0.6) is 0 Å². The number of halogens is 1. The number of allylic oxidation sites excluding steroid dienone is 1. The second-order valence-corrected chi connectivity index (χ2v) is 7.52. The number of non-ortho nitro benzene ring substituents is 1. The van der Waals surface area contributed by atoms with Crippen molar-refractivity contribution in [1.82, 2.24) is 4.98 Å². The summed E-state index contributed by atoms with van der Waals surface area (Å²) in [5, 5.41) is 26.4. The lowest BCUT2D eigenvalue weighted by Crippen LogP contribution is -2.03. The fourth-order valence-electron chi connectivity index (χ4n) is 2.79. The number of aromatic nitrogens is 1. The van der Waals surface area contributed by atoms with Crippen molar-refractivity contribution in [2.45, 2.75) is 0 Å². The van der Waals surface area contributed by atoms with Gasteiger partial charge in [0.05, 0.1) is 26.9 Å². The molecule has 0 spiro atoms. The molecule has 0 bridgehead atoms. The Balaban J connectivity index is 1.69. The third-order valence-electron chi connectivity index (χ3n) is 4.30. The lowest BCUT2D eigenvalue weighted by Gasteiger charge is -2.03. The molecule has 1 N–H and O–H groups in total. The van der Waals surface area contributed by atoms with Gasteiger partial charge in [-0.25, -0.2) is 9.78 Å². The number of fused-ring (bicyclic) bond motifs is 1.